The van der Waals surface area contributed by atoms with Gasteiger partial charge in [0.25, 0.3) is 0 Å². The summed E-state index contributed by atoms with van der Waals surface area (Å²) in [4.78, 5) is 24.0. The third-order valence-corrected chi connectivity index (χ3v) is 7.33. The summed E-state index contributed by atoms with van der Waals surface area (Å²) in [6.07, 6.45) is 3.48. The molecule has 3 atom stereocenters. The lowest BCUT2D eigenvalue weighted by molar-refractivity contribution is -0.145. The Bertz CT molecular complexity index is 999. The normalized spacial score (nSPS) is 29.5. The molecule has 0 N–H and O–H groups in total. The number of ether oxygens (including phenoxy) is 1. The largest absolute Gasteiger partial charge is 0.493 e. The quantitative estimate of drug-likeness (QED) is 0.546. The highest BCUT2D eigenvalue weighted by Crippen LogP contribution is 2.59. The Hall–Kier alpha value is -2.36. The van der Waals surface area contributed by atoms with E-state index in [2.05, 4.69) is 27.4 Å². The molecule has 2 aliphatic rings. The molecule has 0 saturated heterocycles. The van der Waals surface area contributed by atoms with E-state index in [4.69, 9.17) is 9.15 Å². The van der Waals surface area contributed by atoms with Crippen molar-refractivity contribution in [1.29, 1.82) is 0 Å². The van der Waals surface area contributed by atoms with E-state index in [0.29, 0.717) is 36.1 Å². The average Bonchev–Trinajstić information content (AvgIpc) is 2.64. The molecule has 4 nitrogen and oxygen atoms in total. The van der Waals surface area contributed by atoms with Crippen LogP contribution in [-0.4, -0.2) is 12.4 Å². The lowest BCUT2D eigenvalue weighted by atomic mass is 9.47. The minimum Gasteiger partial charge on any atom is -0.493 e. The maximum atomic E-state index is 12.5. The summed E-state index contributed by atoms with van der Waals surface area (Å²) in [6.45, 7) is 11.4. The second-order valence-corrected chi connectivity index (χ2v) is 9.22. The molecule has 0 bridgehead atoms. The van der Waals surface area contributed by atoms with Gasteiger partial charge in [0.1, 0.15) is 17.1 Å². The second-order valence-electron chi connectivity index (χ2n) is 9.22. The highest BCUT2D eigenvalue weighted by Gasteiger charge is 2.56. The Morgan fingerprint density at radius 3 is 2.68 bits per heavy atom. The molecule has 0 unspecified atom stereocenters. The monoisotopic (exact) mass is 380 g/mol. The first kappa shape index (κ1) is 19.0. The van der Waals surface area contributed by atoms with E-state index in [1.54, 1.807) is 12.1 Å². The fourth-order valence-corrected chi connectivity index (χ4v) is 5.59. The highest BCUT2D eigenvalue weighted by atomic mass is 16.5. The smallest absolute Gasteiger partial charge is 0.336 e. The Balaban J connectivity index is 1.59. The van der Waals surface area contributed by atoms with Crippen LogP contribution < -0.4 is 10.4 Å². The number of hydrogen-bond donors (Lipinski definition) is 0. The topological polar surface area (TPSA) is 56.5 Å². The number of Topliss-reactive ketones (excluding diaryl/α,β-unsaturated/α-hetero) is 1. The van der Waals surface area contributed by atoms with Crippen molar-refractivity contribution in [3.8, 4) is 5.75 Å². The maximum absolute atomic E-state index is 12.5. The zero-order valence-electron chi connectivity index (χ0n) is 16.9. The van der Waals surface area contributed by atoms with E-state index in [1.807, 2.05) is 12.1 Å². The first-order valence-electron chi connectivity index (χ1n) is 10.1. The van der Waals surface area contributed by atoms with Crippen LogP contribution in [0.1, 0.15) is 46.5 Å². The van der Waals surface area contributed by atoms with Crippen LogP contribution in [-0.2, 0) is 4.79 Å². The SMILES string of the molecule is C=C1CC[C@H]2C(C)(C)C(=O)CC[C@]2(C)[C@H]1COc1ccc2ccc(=O)oc2c1. The Morgan fingerprint density at radius 1 is 1.14 bits per heavy atom. The molecule has 2 fully saturated rings. The number of benzene rings is 1. The Kier molecular flexibility index (Phi) is 4.48. The zero-order chi connectivity index (χ0) is 20.1. The molecule has 0 amide bonds. The number of carbonyl (C=O) groups is 1. The van der Waals surface area contributed by atoms with Crippen LogP contribution in [0.25, 0.3) is 11.0 Å². The Labute approximate surface area is 165 Å². The molecule has 4 rings (SSSR count). The van der Waals surface area contributed by atoms with Gasteiger partial charge in [-0.3, -0.25) is 4.79 Å². The fourth-order valence-electron chi connectivity index (χ4n) is 5.59. The number of carbonyl (C=O) groups excluding carboxylic acids is 1. The van der Waals surface area contributed by atoms with E-state index in [0.717, 1.165) is 24.6 Å². The van der Waals surface area contributed by atoms with Gasteiger partial charge < -0.3 is 9.15 Å². The van der Waals surface area contributed by atoms with Gasteiger partial charge in [0.15, 0.2) is 0 Å². The summed E-state index contributed by atoms with van der Waals surface area (Å²) in [5.41, 5.74) is 1.10. The molecule has 1 aromatic carbocycles. The molecule has 4 heteroatoms. The van der Waals surface area contributed by atoms with Gasteiger partial charge in [0, 0.05) is 35.3 Å². The first-order valence-corrected chi connectivity index (χ1v) is 10.1. The van der Waals surface area contributed by atoms with Gasteiger partial charge >= 0.3 is 5.63 Å². The summed E-state index contributed by atoms with van der Waals surface area (Å²) in [5, 5.41) is 0.869. The minimum atomic E-state index is -0.366. The summed E-state index contributed by atoms with van der Waals surface area (Å²) in [5.74, 6) is 1.62. The van der Waals surface area contributed by atoms with Gasteiger partial charge in [-0.2, -0.15) is 0 Å². The molecule has 148 valence electrons. The molecular weight excluding hydrogens is 352 g/mol. The Morgan fingerprint density at radius 2 is 1.89 bits per heavy atom. The third-order valence-electron chi connectivity index (χ3n) is 7.33. The van der Waals surface area contributed by atoms with Crippen molar-refractivity contribution >= 4 is 16.8 Å². The van der Waals surface area contributed by atoms with Crippen LogP contribution in [0, 0.1) is 22.7 Å². The van der Waals surface area contributed by atoms with Gasteiger partial charge in [0.2, 0.25) is 0 Å². The van der Waals surface area contributed by atoms with Crippen LogP contribution in [0.2, 0.25) is 0 Å². The van der Waals surface area contributed by atoms with Crippen molar-refractivity contribution in [2.75, 3.05) is 6.61 Å². The number of hydrogen-bond acceptors (Lipinski definition) is 4. The van der Waals surface area contributed by atoms with Crippen molar-refractivity contribution in [2.45, 2.75) is 46.5 Å². The number of fused-ring (bicyclic) bond motifs is 2. The zero-order valence-corrected chi connectivity index (χ0v) is 16.9. The molecule has 2 saturated carbocycles. The maximum Gasteiger partial charge on any atom is 0.336 e. The fraction of sp³-hybridized carbons (Fsp3) is 0.500. The molecular formula is C24H28O4. The second kappa shape index (κ2) is 6.61. The molecule has 0 spiro atoms. The average molecular weight is 380 g/mol. The predicted octanol–water partition coefficient (Wildman–Crippen LogP) is 5.15. The summed E-state index contributed by atoms with van der Waals surface area (Å²) in [6, 6.07) is 8.75. The van der Waals surface area contributed by atoms with Crippen molar-refractivity contribution in [2.24, 2.45) is 22.7 Å². The summed E-state index contributed by atoms with van der Waals surface area (Å²) >= 11 is 0. The van der Waals surface area contributed by atoms with Crippen molar-refractivity contribution in [1.82, 2.24) is 0 Å². The molecule has 2 aliphatic carbocycles. The molecule has 1 heterocycles. The molecule has 0 radical (unpaired) electrons. The van der Waals surface area contributed by atoms with E-state index in [1.165, 1.54) is 11.6 Å². The van der Waals surface area contributed by atoms with Gasteiger partial charge in [-0.25, -0.2) is 4.79 Å². The van der Waals surface area contributed by atoms with Crippen LogP contribution in [0.15, 0.2) is 51.7 Å². The van der Waals surface area contributed by atoms with Crippen LogP contribution in [0.3, 0.4) is 0 Å². The third kappa shape index (κ3) is 2.99. The standard InChI is InChI=1S/C24H28O4/c1-15-5-9-20-23(2,3)21(25)11-12-24(20,4)18(15)14-27-17-8-6-16-7-10-22(26)28-19(16)13-17/h6-8,10,13,18,20H,1,5,9,11-12,14H2,2-4H3/t18-,20-,24+/m0/s1. The van der Waals surface area contributed by atoms with Crippen molar-refractivity contribution < 1.29 is 13.9 Å². The first-order chi connectivity index (χ1) is 13.2. The van der Waals surface area contributed by atoms with Gasteiger partial charge in [-0.15, -0.1) is 0 Å². The van der Waals surface area contributed by atoms with E-state index in [9.17, 15) is 9.59 Å². The van der Waals surface area contributed by atoms with Crippen molar-refractivity contribution in [3.05, 3.63) is 52.9 Å². The van der Waals surface area contributed by atoms with Crippen LogP contribution in [0.4, 0.5) is 0 Å². The lowest BCUT2D eigenvalue weighted by Gasteiger charge is -2.56. The minimum absolute atomic E-state index is 0.0101. The molecule has 0 aliphatic heterocycles. The number of rotatable bonds is 3. The van der Waals surface area contributed by atoms with E-state index < -0.39 is 0 Å². The molecule has 1 aromatic heterocycles. The van der Waals surface area contributed by atoms with Gasteiger partial charge in [-0.1, -0.05) is 32.9 Å². The van der Waals surface area contributed by atoms with E-state index in [-0.39, 0.29) is 22.4 Å². The van der Waals surface area contributed by atoms with Gasteiger partial charge in [0.05, 0.1) is 6.61 Å². The summed E-state index contributed by atoms with van der Waals surface area (Å²) in [7, 11) is 0. The van der Waals surface area contributed by atoms with Crippen molar-refractivity contribution in [3.63, 3.8) is 0 Å². The lowest BCUT2D eigenvalue weighted by Crippen LogP contribution is -2.54. The summed E-state index contributed by atoms with van der Waals surface area (Å²) < 4.78 is 11.4. The number of ketones is 1. The van der Waals surface area contributed by atoms with E-state index >= 15 is 0 Å². The molecule has 2 aromatic rings. The van der Waals surface area contributed by atoms with Crippen LogP contribution in [0.5, 0.6) is 5.75 Å². The predicted molar refractivity (Wildman–Crippen MR) is 109 cm³/mol. The highest BCUT2D eigenvalue weighted by molar-refractivity contribution is 5.85. The van der Waals surface area contributed by atoms with Gasteiger partial charge in [-0.05, 0) is 48.8 Å². The van der Waals surface area contributed by atoms with Crippen LogP contribution >= 0.6 is 0 Å². The molecule has 28 heavy (non-hydrogen) atoms.